The third kappa shape index (κ3) is 3.56. The molecule has 0 amide bonds. The lowest BCUT2D eigenvalue weighted by Gasteiger charge is -2.40. The number of halogens is 1. The number of hydrogen-bond acceptors (Lipinski definition) is 9. The Labute approximate surface area is 189 Å². The molecule has 10 nitrogen and oxygen atoms in total. The van der Waals surface area contributed by atoms with Gasteiger partial charge in [-0.2, -0.15) is 5.26 Å². The quantitative estimate of drug-likeness (QED) is 0.602. The number of nitrogens with zero attached hydrogens (tertiary/aromatic N) is 8. The molecule has 2 N–H and O–H groups in total. The van der Waals surface area contributed by atoms with Gasteiger partial charge in [0.05, 0.1) is 24.1 Å². The zero-order valence-corrected chi connectivity index (χ0v) is 17.7. The standard InChI is InChI=1S/C22H22FN9O/c23-21-17-6-1-12(26-17)7-19(21)32(14-2-3-14)22-25-10-18(28-29-22)16-5-4-15(8-20(16)33)31-11-13(9-24)27-30-31/h4-5,8,10-12,14,17,19,21,26,33H,1-3,6-7H2/t12-,17-,19+,21-/m0/s1. The predicted octanol–water partition coefficient (Wildman–Crippen LogP) is 1.90. The van der Waals surface area contributed by atoms with Crippen molar-refractivity contribution in [1.82, 2.24) is 35.5 Å². The summed E-state index contributed by atoms with van der Waals surface area (Å²) in [5.41, 5.74) is 1.61. The molecule has 3 aliphatic rings. The fourth-order valence-corrected chi connectivity index (χ4v) is 5.01. The number of hydrogen-bond donors (Lipinski definition) is 2. The normalized spacial score (nSPS) is 26.2. The number of nitrogens with one attached hydrogen (secondary N) is 1. The van der Waals surface area contributed by atoms with Gasteiger partial charge < -0.3 is 15.3 Å². The molecule has 168 valence electrons. The van der Waals surface area contributed by atoms with Crippen LogP contribution in [0.25, 0.3) is 16.9 Å². The van der Waals surface area contributed by atoms with Crippen molar-refractivity contribution in [3.8, 4) is 28.8 Å². The van der Waals surface area contributed by atoms with E-state index in [-0.39, 0.29) is 29.6 Å². The van der Waals surface area contributed by atoms with Gasteiger partial charge in [0, 0.05) is 29.8 Å². The summed E-state index contributed by atoms with van der Waals surface area (Å²) in [4.78, 5) is 6.56. The second-order valence-electron chi connectivity index (χ2n) is 8.94. The van der Waals surface area contributed by atoms with Gasteiger partial charge in [0.15, 0.2) is 5.69 Å². The van der Waals surface area contributed by atoms with E-state index < -0.39 is 6.17 Å². The first-order valence-corrected chi connectivity index (χ1v) is 11.1. The number of aromatic hydroxyl groups is 1. The van der Waals surface area contributed by atoms with E-state index >= 15 is 4.39 Å². The number of phenols is 1. The van der Waals surface area contributed by atoms with Crippen LogP contribution < -0.4 is 10.2 Å². The number of anilines is 1. The summed E-state index contributed by atoms with van der Waals surface area (Å²) in [6.07, 6.45) is 6.74. The highest BCUT2D eigenvalue weighted by Crippen LogP contribution is 2.39. The minimum absolute atomic E-state index is 0.0249. The topological polar surface area (TPSA) is 129 Å². The van der Waals surface area contributed by atoms with Crippen molar-refractivity contribution in [2.24, 2.45) is 0 Å². The van der Waals surface area contributed by atoms with Crippen molar-refractivity contribution < 1.29 is 9.50 Å². The fraction of sp³-hybridized carbons (Fsp3) is 0.455. The molecule has 3 aromatic rings. The number of nitriles is 1. The fourth-order valence-electron chi connectivity index (χ4n) is 5.01. The predicted molar refractivity (Wildman–Crippen MR) is 115 cm³/mol. The molecule has 11 heteroatoms. The van der Waals surface area contributed by atoms with Crippen LogP contribution >= 0.6 is 0 Å². The molecule has 2 saturated heterocycles. The molecule has 4 heterocycles. The average Bonchev–Trinajstić information content (AvgIpc) is 3.39. The third-order valence-corrected chi connectivity index (χ3v) is 6.76. The highest BCUT2D eigenvalue weighted by molar-refractivity contribution is 5.68. The number of fused-ring (bicyclic) bond motifs is 2. The summed E-state index contributed by atoms with van der Waals surface area (Å²) < 4.78 is 16.6. The third-order valence-electron chi connectivity index (χ3n) is 6.76. The minimum atomic E-state index is -0.956. The first-order valence-electron chi connectivity index (χ1n) is 11.1. The second-order valence-corrected chi connectivity index (χ2v) is 8.94. The zero-order valence-electron chi connectivity index (χ0n) is 17.7. The summed E-state index contributed by atoms with van der Waals surface area (Å²) in [5.74, 6) is 0.418. The molecule has 2 aromatic heterocycles. The number of phenolic OH excluding ortho intramolecular Hbond substituents is 1. The van der Waals surface area contributed by atoms with E-state index in [1.54, 1.807) is 18.3 Å². The Morgan fingerprint density at radius 3 is 2.76 bits per heavy atom. The maximum atomic E-state index is 15.2. The molecule has 1 saturated carbocycles. The van der Waals surface area contributed by atoms with Crippen LogP contribution in [0, 0.1) is 11.3 Å². The van der Waals surface area contributed by atoms with Gasteiger partial charge in [-0.1, -0.05) is 5.21 Å². The molecule has 33 heavy (non-hydrogen) atoms. The van der Waals surface area contributed by atoms with Crippen LogP contribution in [0.15, 0.2) is 30.6 Å². The van der Waals surface area contributed by atoms with Gasteiger partial charge in [-0.05, 0) is 44.2 Å². The average molecular weight is 447 g/mol. The summed E-state index contributed by atoms with van der Waals surface area (Å²) >= 11 is 0. The van der Waals surface area contributed by atoms with E-state index in [9.17, 15) is 5.11 Å². The Balaban J connectivity index is 1.26. The van der Waals surface area contributed by atoms with E-state index in [1.165, 1.54) is 16.9 Å². The molecule has 6 rings (SSSR count). The zero-order chi connectivity index (χ0) is 22.5. The molecule has 1 aliphatic carbocycles. The van der Waals surface area contributed by atoms with Crippen molar-refractivity contribution in [1.29, 1.82) is 5.26 Å². The van der Waals surface area contributed by atoms with E-state index in [4.69, 9.17) is 5.26 Å². The Hall–Kier alpha value is -3.65. The van der Waals surface area contributed by atoms with Gasteiger partial charge in [0.25, 0.3) is 0 Å². The number of piperidine rings is 1. The maximum Gasteiger partial charge on any atom is 0.245 e. The lowest BCUT2D eigenvalue weighted by molar-refractivity contribution is 0.171. The highest BCUT2D eigenvalue weighted by Gasteiger charge is 2.48. The van der Waals surface area contributed by atoms with Gasteiger partial charge in [0.1, 0.15) is 23.7 Å². The number of alkyl halides is 1. The highest BCUT2D eigenvalue weighted by atomic mass is 19.1. The first kappa shape index (κ1) is 20.0. The molecule has 2 bridgehead atoms. The van der Waals surface area contributed by atoms with Crippen molar-refractivity contribution in [3.63, 3.8) is 0 Å². The molecule has 2 aliphatic heterocycles. The molecule has 4 atom stereocenters. The van der Waals surface area contributed by atoms with Crippen LogP contribution in [0.2, 0.25) is 0 Å². The summed E-state index contributed by atoms with van der Waals surface area (Å²) in [5, 5.41) is 39.1. The van der Waals surface area contributed by atoms with E-state index in [0.717, 1.165) is 32.1 Å². The largest absolute Gasteiger partial charge is 0.507 e. The monoisotopic (exact) mass is 447 g/mol. The lowest BCUT2D eigenvalue weighted by atomic mass is 9.96. The van der Waals surface area contributed by atoms with Crippen LogP contribution in [0.5, 0.6) is 5.75 Å². The Kier molecular flexibility index (Phi) is 4.69. The lowest BCUT2D eigenvalue weighted by Crippen LogP contribution is -2.57. The molecule has 3 fully saturated rings. The SMILES string of the molecule is N#Cc1cn(-c2ccc(-c3cnc(N(C4CC4)[C@@H]4C[C@@H]5CC[C@H](N5)[C@@H]4F)nn3)c(O)c2)nn1. The van der Waals surface area contributed by atoms with Crippen molar-refractivity contribution in [2.45, 2.75) is 62.4 Å². The van der Waals surface area contributed by atoms with Gasteiger partial charge >= 0.3 is 0 Å². The van der Waals surface area contributed by atoms with Crippen molar-refractivity contribution in [3.05, 3.63) is 36.3 Å². The van der Waals surface area contributed by atoms with Crippen LogP contribution in [-0.4, -0.2) is 65.6 Å². The van der Waals surface area contributed by atoms with E-state index in [2.05, 4.69) is 30.8 Å². The summed E-state index contributed by atoms with van der Waals surface area (Å²) in [6, 6.07) is 7.12. The maximum absolute atomic E-state index is 15.2. The van der Waals surface area contributed by atoms with Crippen LogP contribution in [0.3, 0.4) is 0 Å². The van der Waals surface area contributed by atoms with Gasteiger partial charge in [-0.15, -0.1) is 15.3 Å². The van der Waals surface area contributed by atoms with Crippen molar-refractivity contribution in [2.75, 3.05) is 4.90 Å². The Bertz CT molecular complexity index is 1220. The van der Waals surface area contributed by atoms with Gasteiger partial charge in [-0.3, -0.25) is 0 Å². The van der Waals surface area contributed by atoms with Crippen LogP contribution in [0.1, 0.15) is 37.8 Å². The number of rotatable bonds is 5. The minimum Gasteiger partial charge on any atom is -0.507 e. The summed E-state index contributed by atoms with van der Waals surface area (Å²) in [6.45, 7) is 0. The number of aromatic nitrogens is 6. The van der Waals surface area contributed by atoms with E-state index in [0.29, 0.717) is 28.9 Å². The van der Waals surface area contributed by atoms with Gasteiger partial charge in [0.2, 0.25) is 5.95 Å². The smallest absolute Gasteiger partial charge is 0.245 e. The molecule has 1 aromatic carbocycles. The Morgan fingerprint density at radius 1 is 1.18 bits per heavy atom. The molecule has 0 spiro atoms. The van der Waals surface area contributed by atoms with Crippen molar-refractivity contribution >= 4 is 5.95 Å². The van der Waals surface area contributed by atoms with Crippen LogP contribution in [0.4, 0.5) is 10.3 Å². The number of benzene rings is 1. The molecule has 0 radical (unpaired) electrons. The first-order chi connectivity index (χ1) is 16.1. The van der Waals surface area contributed by atoms with E-state index in [1.807, 2.05) is 11.0 Å². The molecule has 0 unspecified atom stereocenters. The molecular formula is C22H22FN9O. The second kappa shape index (κ2) is 7.74. The van der Waals surface area contributed by atoms with Gasteiger partial charge in [-0.25, -0.2) is 14.1 Å². The summed E-state index contributed by atoms with van der Waals surface area (Å²) in [7, 11) is 0. The Morgan fingerprint density at radius 2 is 2.06 bits per heavy atom. The molecular weight excluding hydrogens is 425 g/mol. The van der Waals surface area contributed by atoms with Crippen LogP contribution in [-0.2, 0) is 0 Å².